The van der Waals surface area contributed by atoms with Gasteiger partial charge in [0.15, 0.2) is 0 Å². The first-order valence-electron chi connectivity index (χ1n) is 8.40. The van der Waals surface area contributed by atoms with E-state index in [2.05, 4.69) is 46.6 Å². The van der Waals surface area contributed by atoms with Gasteiger partial charge in [-0.15, -0.1) is 11.3 Å². The van der Waals surface area contributed by atoms with Crippen LogP contribution in [0.5, 0.6) is 0 Å². The molecule has 0 radical (unpaired) electrons. The van der Waals surface area contributed by atoms with Crippen LogP contribution in [-0.4, -0.2) is 35.5 Å². The summed E-state index contributed by atoms with van der Waals surface area (Å²) in [5.41, 5.74) is 2.17. The van der Waals surface area contributed by atoms with E-state index in [1.54, 1.807) is 11.3 Å². The predicted octanol–water partition coefficient (Wildman–Crippen LogP) is 2.95. The van der Waals surface area contributed by atoms with Crippen molar-refractivity contribution >= 4 is 17.4 Å². The Labute approximate surface area is 147 Å². The topological polar surface area (TPSA) is 57.3 Å². The van der Waals surface area contributed by atoms with Crippen molar-refractivity contribution in [2.75, 3.05) is 13.6 Å². The second-order valence-corrected chi connectivity index (χ2v) is 7.09. The lowest BCUT2D eigenvalue weighted by Crippen LogP contribution is -2.44. The van der Waals surface area contributed by atoms with Crippen molar-refractivity contribution in [1.82, 2.24) is 20.5 Å². The van der Waals surface area contributed by atoms with Crippen LogP contribution in [0.3, 0.4) is 0 Å². The zero-order valence-corrected chi connectivity index (χ0v) is 15.0. The summed E-state index contributed by atoms with van der Waals surface area (Å²) in [6, 6.07) is 10.6. The predicted molar refractivity (Wildman–Crippen MR) is 97.1 cm³/mol. The van der Waals surface area contributed by atoms with Gasteiger partial charge in [0.25, 0.3) is 0 Å². The molecule has 5 nitrogen and oxygen atoms in total. The van der Waals surface area contributed by atoms with Crippen LogP contribution in [0.4, 0.5) is 4.79 Å². The molecule has 6 heteroatoms. The van der Waals surface area contributed by atoms with Crippen molar-refractivity contribution in [3.8, 4) is 0 Å². The molecule has 1 aromatic carbocycles. The number of nitrogens with zero attached hydrogens (tertiary/aromatic N) is 2. The third kappa shape index (κ3) is 3.94. The first kappa shape index (κ1) is 16.9. The molecule has 24 heavy (non-hydrogen) atoms. The highest BCUT2D eigenvalue weighted by Crippen LogP contribution is 2.30. The molecule has 1 aliphatic rings. The summed E-state index contributed by atoms with van der Waals surface area (Å²) >= 11 is 1.64. The Balaban J connectivity index is 1.57. The fraction of sp³-hybridized carbons (Fsp3) is 0.444. The molecule has 0 spiro atoms. The van der Waals surface area contributed by atoms with E-state index in [1.165, 1.54) is 5.56 Å². The smallest absolute Gasteiger partial charge is 0.315 e. The third-order valence-electron chi connectivity index (χ3n) is 4.44. The molecule has 0 aliphatic carbocycles. The summed E-state index contributed by atoms with van der Waals surface area (Å²) in [5.74, 6) is 0. The van der Waals surface area contributed by atoms with Crippen LogP contribution < -0.4 is 10.6 Å². The normalized spacial score (nSPS) is 20.9. The lowest BCUT2D eigenvalue weighted by Gasteiger charge is -2.26. The number of likely N-dealkylation sites (N-methyl/N-ethyl adjacent to an activating group) is 1. The number of amides is 2. The third-order valence-corrected chi connectivity index (χ3v) is 5.48. The highest BCUT2D eigenvalue weighted by Gasteiger charge is 2.33. The molecule has 128 valence electrons. The van der Waals surface area contributed by atoms with Crippen LogP contribution in [0.2, 0.25) is 0 Å². The average molecular weight is 344 g/mol. The Morgan fingerprint density at radius 2 is 2.17 bits per heavy atom. The molecule has 2 aromatic rings. The number of carbonyl (C=O) groups excluding carboxylic acids is 1. The Kier molecular flexibility index (Phi) is 5.48. The monoisotopic (exact) mass is 344 g/mol. The number of carbonyl (C=O) groups is 1. The molecule has 1 aromatic heterocycles. The zero-order chi connectivity index (χ0) is 16.9. The van der Waals surface area contributed by atoms with Gasteiger partial charge < -0.3 is 10.6 Å². The molecule has 0 saturated carbocycles. The number of hydrogen-bond donors (Lipinski definition) is 2. The van der Waals surface area contributed by atoms with E-state index in [9.17, 15) is 4.79 Å². The molecule has 3 rings (SSSR count). The maximum atomic E-state index is 12.3. The number of rotatable bonds is 5. The molecule has 2 atom stereocenters. The highest BCUT2D eigenvalue weighted by molar-refractivity contribution is 7.09. The van der Waals surface area contributed by atoms with Crippen LogP contribution in [0.25, 0.3) is 0 Å². The number of urea groups is 1. The summed E-state index contributed by atoms with van der Waals surface area (Å²) in [6.45, 7) is 3.54. The molecule has 0 bridgehead atoms. The van der Waals surface area contributed by atoms with E-state index in [-0.39, 0.29) is 18.1 Å². The summed E-state index contributed by atoms with van der Waals surface area (Å²) in [7, 11) is 2.11. The highest BCUT2D eigenvalue weighted by atomic mass is 32.1. The van der Waals surface area contributed by atoms with Crippen molar-refractivity contribution in [1.29, 1.82) is 0 Å². The van der Waals surface area contributed by atoms with Gasteiger partial charge in [-0.2, -0.15) is 0 Å². The fourth-order valence-electron chi connectivity index (χ4n) is 3.22. The van der Waals surface area contributed by atoms with Gasteiger partial charge >= 0.3 is 6.03 Å². The van der Waals surface area contributed by atoms with Gasteiger partial charge in [-0.25, -0.2) is 9.78 Å². The van der Waals surface area contributed by atoms with Crippen molar-refractivity contribution < 1.29 is 4.79 Å². The minimum atomic E-state index is -0.123. The van der Waals surface area contributed by atoms with E-state index in [0.29, 0.717) is 6.54 Å². The van der Waals surface area contributed by atoms with Crippen LogP contribution in [0.15, 0.2) is 35.7 Å². The van der Waals surface area contributed by atoms with Crippen molar-refractivity contribution in [3.63, 3.8) is 0 Å². The van der Waals surface area contributed by atoms with E-state index in [1.807, 2.05) is 23.6 Å². The minimum absolute atomic E-state index is 0.123. The SMILES string of the molecule is CCc1nc(CNC(=O)N[C@H]2CCN(C)[C@H]2c2ccccc2)cs1. The number of nitrogens with one attached hydrogen (secondary N) is 2. The summed E-state index contributed by atoms with van der Waals surface area (Å²) < 4.78 is 0. The van der Waals surface area contributed by atoms with Gasteiger partial charge in [-0.1, -0.05) is 37.3 Å². The number of aryl methyl sites for hydroxylation is 1. The van der Waals surface area contributed by atoms with Crippen LogP contribution >= 0.6 is 11.3 Å². The molecule has 0 unspecified atom stereocenters. The Morgan fingerprint density at radius 3 is 2.88 bits per heavy atom. The maximum Gasteiger partial charge on any atom is 0.315 e. The van der Waals surface area contributed by atoms with Crippen molar-refractivity contribution in [3.05, 3.63) is 52.0 Å². The number of hydrogen-bond acceptors (Lipinski definition) is 4. The standard InChI is InChI=1S/C18H24N4OS/c1-3-16-20-14(12-24-16)11-19-18(23)21-15-9-10-22(2)17(15)13-7-5-4-6-8-13/h4-8,12,15,17H,3,9-11H2,1-2H3,(H2,19,21,23)/t15-,17-/m0/s1. The number of likely N-dealkylation sites (tertiary alicyclic amines) is 1. The number of benzene rings is 1. The van der Waals surface area contributed by atoms with E-state index < -0.39 is 0 Å². The zero-order valence-electron chi connectivity index (χ0n) is 14.2. The van der Waals surface area contributed by atoms with E-state index in [0.717, 1.165) is 30.1 Å². The van der Waals surface area contributed by atoms with Gasteiger partial charge in [-0.3, -0.25) is 4.90 Å². The Hall–Kier alpha value is -1.92. The largest absolute Gasteiger partial charge is 0.333 e. The Morgan fingerprint density at radius 1 is 1.38 bits per heavy atom. The first-order chi connectivity index (χ1) is 11.7. The molecular formula is C18H24N4OS. The van der Waals surface area contributed by atoms with Gasteiger partial charge in [0.05, 0.1) is 29.3 Å². The summed E-state index contributed by atoms with van der Waals surface area (Å²) in [5, 5.41) is 9.17. The maximum absolute atomic E-state index is 12.3. The van der Waals surface area contributed by atoms with Gasteiger partial charge in [-0.05, 0) is 25.5 Å². The van der Waals surface area contributed by atoms with Crippen LogP contribution in [-0.2, 0) is 13.0 Å². The summed E-state index contributed by atoms with van der Waals surface area (Å²) in [6.07, 6.45) is 1.89. The second-order valence-electron chi connectivity index (χ2n) is 6.14. The van der Waals surface area contributed by atoms with Gasteiger partial charge in [0.1, 0.15) is 0 Å². The van der Waals surface area contributed by atoms with Crippen LogP contribution in [0.1, 0.15) is 35.7 Å². The summed E-state index contributed by atoms with van der Waals surface area (Å²) in [4.78, 5) is 19.0. The van der Waals surface area contributed by atoms with Crippen molar-refractivity contribution in [2.24, 2.45) is 0 Å². The quantitative estimate of drug-likeness (QED) is 0.877. The average Bonchev–Trinajstić information content (AvgIpc) is 3.20. The van der Waals surface area contributed by atoms with Crippen LogP contribution in [0, 0.1) is 0 Å². The minimum Gasteiger partial charge on any atom is -0.333 e. The first-order valence-corrected chi connectivity index (χ1v) is 9.28. The molecule has 1 aliphatic heterocycles. The van der Waals surface area contributed by atoms with Crippen molar-refractivity contribution in [2.45, 2.75) is 38.4 Å². The molecule has 2 heterocycles. The second kappa shape index (κ2) is 7.77. The molecular weight excluding hydrogens is 320 g/mol. The lowest BCUT2D eigenvalue weighted by atomic mass is 10.0. The molecule has 1 saturated heterocycles. The molecule has 2 N–H and O–H groups in total. The Bertz CT molecular complexity index is 673. The van der Waals surface area contributed by atoms with Gasteiger partial charge in [0.2, 0.25) is 0 Å². The van der Waals surface area contributed by atoms with E-state index in [4.69, 9.17) is 0 Å². The molecule has 2 amide bonds. The molecule has 1 fully saturated rings. The fourth-order valence-corrected chi connectivity index (χ4v) is 3.96. The lowest BCUT2D eigenvalue weighted by molar-refractivity contribution is 0.229. The van der Waals surface area contributed by atoms with E-state index >= 15 is 0 Å². The number of aromatic nitrogens is 1. The van der Waals surface area contributed by atoms with Gasteiger partial charge in [0, 0.05) is 11.9 Å². The number of thiazole rings is 1.